The topological polar surface area (TPSA) is 108 Å². The lowest BCUT2D eigenvalue weighted by Crippen LogP contribution is -2.17. The van der Waals surface area contributed by atoms with E-state index in [2.05, 4.69) is 10.5 Å². The number of halogens is 1. The van der Waals surface area contributed by atoms with Gasteiger partial charge in [-0.1, -0.05) is 23.7 Å². The zero-order valence-corrected chi connectivity index (χ0v) is 15.6. The maximum absolute atomic E-state index is 12.3. The molecule has 0 saturated carbocycles. The number of phenols is 2. The molecule has 0 fully saturated rings. The Morgan fingerprint density at radius 1 is 1.00 bits per heavy atom. The third-order valence-electron chi connectivity index (χ3n) is 3.80. The summed E-state index contributed by atoms with van der Waals surface area (Å²) in [6.45, 7) is 0. The molecule has 0 aliphatic heterocycles. The molecule has 0 aliphatic carbocycles. The molecular formula is C21H15ClN2O5. The van der Waals surface area contributed by atoms with Crippen LogP contribution in [0.2, 0.25) is 5.02 Å². The Morgan fingerprint density at radius 3 is 2.45 bits per heavy atom. The second kappa shape index (κ2) is 8.90. The number of carbonyl (C=O) groups excluding carboxylic acids is 2. The Hall–Kier alpha value is -3.84. The number of ether oxygens (including phenoxy) is 1. The van der Waals surface area contributed by atoms with Crippen molar-refractivity contribution in [2.45, 2.75) is 0 Å². The van der Waals surface area contributed by atoms with Gasteiger partial charge in [-0.3, -0.25) is 4.79 Å². The van der Waals surface area contributed by atoms with Crippen LogP contribution in [0.25, 0.3) is 0 Å². The van der Waals surface area contributed by atoms with Gasteiger partial charge in [0.25, 0.3) is 5.91 Å². The minimum Gasteiger partial charge on any atom is -0.508 e. The maximum Gasteiger partial charge on any atom is 0.343 e. The molecule has 0 radical (unpaired) electrons. The van der Waals surface area contributed by atoms with Gasteiger partial charge in [0.1, 0.15) is 17.2 Å². The van der Waals surface area contributed by atoms with Crippen LogP contribution >= 0.6 is 11.6 Å². The molecule has 0 heterocycles. The molecule has 0 atom stereocenters. The summed E-state index contributed by atoms with van der Waals surface area (Å²) in [6.07, 6.45) is 1.31. The Kier molecular flexibility index (Phi) is 6.11. The molecule has 1 amide bonds. The van der Waals surface area contributed by atoms with Crippen molar-refractivity contribution in [1.82, 2.24) is 5.43 Å². The van der Waals surface area contributed by atoms with Crippen LogP contribution in [0.3, 0.4) is 0 Å². The standard InChI is InChI=1S/C21H15ClN2O5/c22-15-7-5-13(6-8-15)21(28)29-19-4-2-1-3-14(19)12-23-24-20(27)17-10-9-16(25)11-18(17)26/h1-12,25-26H,(H,24,27)/b23-12-. The number of phenolic OH excluding ortho intramolecular Hbond substituents is 2. The van der Waals surface area contributed by atoms with Gasteiger partial charge in [-0.25, -0.2) is 10.2 Å². The summed E-state index contributed by atoms with van der Waals surface area (Å²) in [5.41, 5.74) is 2.99. The summed E-state index contributed by atoms with van der Waals surface area (Å²) in [7, 11) is 0. The molecule has 0 unspecified atom stereocenters. The minimum absolute atomic E-state index is 0.0533. The third-order valence-corrected chi connectivity index (χ3v) is 4.05. The molecule has 0 saturated heterocycles. The average Bonchev–Trinajstić information content (AvgIpc) is 2.69. The van der Waals surface area contributed by atoms with Gasteiger partial charge in [-0.05, 0) is 48.5 Å². The molecule has 3 aromatic carbocycles. The molecule has 0 aromatic heterocycles. The van der Waals surface area contributed by atoms with Gasteiger partial charge in [0, 0.05) is 16.7 Å². The number of hydrogen-bond donors (Lipinski definition) is 3. The number of hydrogen-bond acceptors (Lipinski definition) is 6. The van der Waals surface area contributed by atoms with Crippen molar-refractivity contribution in [1.29, 1.82) is 0 Å². The number of nitrogens with one attached hydrogen (secondary N) is 1. The van der Waals surface area contributed by atoms with E-state index in [9.17, 15) is 19.8 Å². The highest BCUT2D eigenvalue weighted by atomic mass is 35.5. The van der Waals surface area contributed by atoms with Crippen molar-refractivity contribution in [2.24, 2.45) is 5.10 Å². The lowest BCUT2D eigenvalue weighted by atomic mass is 10.2. The van der Waals surface area contributed by atoms with Gasteiger partial charge in [0.2, 0.25) is 0 Å². The molecule has 3 N–H and O–H groups in total. The normalized spacial score (nSPS) is 10.7. The number of hydrazone groups is 1. The maximum atomic E-state index is 12.3. The second-order valence-electron chi connectivity index (χ2n) is 5.83. The van der Waals surface area contributed by atoms with Crippen LogP contribution in [0.5, 0.6) is 17.2 Å². The van der Waals surface area contributed by atoms with Crippen LogP contribution < -0.4 is 10.2 Å². The zero-order valence-electron chi connectivity index (χ0n) is 14.9. The van der Waals surface area contributed by atoms with Crippen LogP contribution in [-0.2, 0) is 0 Å². The molecule has 29 heavy (non-hydrogen) atoms. The summed E-state index contributed by atoms with van der Waals surface area (Å²) in [4.78, 5) is 24.4. The van der Waals surface area contributed by atoms with E-state index in [1.807, 2.05) is 0 Å². The monoisotopic (exact) mass is 410 g/mol. The Morgan fingerprint density at radius 2 is 1.72 bits per heavy atom. The lowest BCUT2D eigenvalue weighted by molar-refractivity contribution is 0.0734. The van der Waals surface area contributed by atoms with E-state index in [0.717, 1.165) is 6.07 Å². The highest BCUT2D eigenvalue weighted by molar-refractivity contribution is 6.30. The molecule has 8 heteroatoms. The van der Waals surface area contributed by atoms with E-state index in [1.54, 1.807) is 48.5 Å². The molecule has 0 bridgehead atoms. The minimum atomic E-state index is -0.672. The zero-order chi connectivity index (χ0) is 20.8. The van der Waals surface area contributed by atoms with Crippen molar-refractivity contribution in [3.05, 3.63) is 88.4 Å². The third kappa shape index (κ3) is 5.12. The number of carbonyl (C=O) groups is 2. The number of benzene rings is 3. The van der Waals surface area contributed by atoms with Crippen molar-refractivity contribution in [3.63, 3.8) is 0 Å². The smallest absolute Gasteiger partial charge is 0.343 e. The number of para-hydroxylation sites is 1. The SMILES string of the molecule is O=C(Oc1ccccc1/C=N\NC(=O)c1ccc(O)cc1O)c1ccc(Cl)cc1. The fourth-order valence-electron chi connectivity index (χ4n) is 2.36. The molecule has 0 spiro atoms. The summed E-state index contributed by atoms with van der Waals surface area (Å²) < 4.78 is 5.39. The number of amides is 1. The number of nitrogens with zero attached hydrogens (tertiary/aromatic N) is 1. The van der Waals surface area contributed by atoms with Gasteiger partial charge >= 0.3 is 5.97 Å². The average molecular weight is 411 g/mol. The van der Waals surface area contributed by atoms with E-state index in [1.165, 1.54) is 18.3 Å². The van der Waals surface area contributed by atoms with Crippen LogP contribution in [0, 0.1) is 0 Å². The molecule has 3 rings (SSSR count). The number of esters is 1. The first kappa shape index (κ1) is 19.9. The van der Waals surface area contributed by atoms with Crippen molar-refractivity contribution < 1.29 is 24.5 Å². The van der Waals surface area contributed by atoms with E-state index in [4.69, 9.17) is 16.3 Å². The number of aromatic hydroxyl groups is 2. The molecular weight excluding hydrogens is 396 g/mol. The largest absolute Gasteiger partial charge is 0.508 e. The highest BCUT2D eigenvalue weighted by Gasteiger charge is 2.12. The van der Waals surface area contributed by atoms with E-state index < -0.39 is 11.9 Å². The number of rotatable bonds is 5. The van der Waals surface area contributed by atoms with Gasteiger partial charge in [0.05, 0.1) is 17.3 Å². The Balaban J connectivity index is 1.70. The summed E-state index contributed by atoms with van der Waals surface area (Å²) >= 11 is 5.81. The van der Waals surface area contributed by atoms with E-state index in [0.29, 0.717) is 16.1 Å². The first-order valence-electron chi connectivity index (χ1n) is 8.36. The van der Waals surface area contributed by atoms with Gasteiger partial charge in [-0.15, -0.1) is 0 Å². The van der Waals surface area contributed by atoms with Crippen molar-refractivity contribution in [2.75, 3.05) is 0 Å². The van der Waals surface area contributed by atoms with Crippen LogP contribution in [-0.4, -0.2) is 28.3 Å². The molecule has 0 aliphatic rings. The Bertz CT molecular complexity index is 1080. The van der Waals surface area contributed by atoms with Gasteiger partial charge < -0.3 is 14.9 Å². The fraction of sp³-hybridized carbons (Fsp3) is 0. The fourth-order valence-corrected chi connectivity index (χ4v) is 2.48. The van der Waals surface area contributed by atoms with Gasteiger partial charge in [-0.2, -0.15) is 5.10 Å². The first-order valence-corrected chi connectivity index (χ1v) is 8.74. The predicted octanol–water partition coefficient (Wildman–Crippen LogP) is 3.73. The van der Waals surface area contributed by atoms with Crippen molar-refractivity contribution >= 4 is 29.7 Å². The van der Waals surface area contributed by atoms with Crippen LogP contribution in [0.4, 0.5) is 0 Å². The summed E-state index contributed by atoms with van der Waals surface area (Å²) in [6, 6.07) is 16.5. The quantitative estimate of drug-likeness (QED) is 0.257. The highest BCUT2D eigenvalue weighted by Crippen LogP contribution is 2.22. The molecule has 7 nitrogen and oxygen atoms in total. The van der Waals surface area contributed by atoms with Crippen LogP contribution in [0.1, 0.15) is 26.3 Å². The lowest BCUT2D eigenvalue weighted by Gasteiger charge is -2.07. The molecule has 146 valence electrons. The van der Waals surface area contributed by atoms with Crippen LogP contribution in [0.15, 0.2) is 71.8 Å². The van der Waals surface area contributed by atoms with Crippen molar-refractivity contribution in [3.8, 4) is 17.2 Å². The molecule has 3 aromatic rings. The van der Waals surface area contributed by atoms with E-state index >= 15 is 0 Å². The summed E-state index contributed by atoms with van der Waals surface area (Å²) in [5, 5.41) is 23.3. The van der Waals surface area contributed by atoms with E-state index in [-0.39, 0.29) is 22.8 Å². The summed E-state index contributed by atoms with van der Waals surface area (Å²) in [5.74, 6) is -1.54. The van der Waals surface area contributed by atoms with Gasteiger partial charge in [0.15, 0.2) is 0 Å². The second-order valence-corrected chi connectivity index (χ2v) is 6.27. The Labute approximate surface area is 170 Å². The first-order chi connectivity index (χ1) is 13.9. The predicted molar refractivity (Wildman–Crippen MR) is 108 cm³/mol.